The van der Waals surface area contributed by atoms with Crippen LogP contribution in [0.1, 0.15) is 42.7 Å². The lowest BCUT2D eigenvalue weighted by atomic mass is 9.94. The molecule has 0 N–H and O–H groups in total. The fraction of sp³-hybridized carbons (Fsp3) is 0.455. The first-order chi connectivity index (χ1) is 20.8. The van der Waals surface area contributed by atoms with E-state index in [-0.39, 0.29) is 24.6 Å². The molecule has 10 heteroatoms. The molecular formula is C33H37ClN6O3. The highest BCUT2D eigenvalue weighted by molar-refractivity contribution is 6.35. The van der Waals surface area contributed by atoms with Crippen molar-refractivity contribution in [2.45, 2.75) is 51.0 Å². The van der Waals surface area contributed by atoms with Gasteiger partial charge in [0.2, 0.25) is 12.5 Å². The molecule has 3 aliphatic heterocycles. The summed E-state index contributed by atoms with van der Waals surface area (Å²) >= 11 is 6.68. The summed E-state index contributed by atoms with van der Waals surface area (Å²) in [7, 11) is 2.13. The van der Waals surface area contributed by atoms with Gasteiger partial charge in [-0.25, -0.2) is 6.57 Å². The summed E-state index contributed by atoms with van der Waals surface area (Å²) in [4.78, 5) is 32.6. The monoisotopic (exact) mass is 600 g/mol. The number of ether oxygens (including phenoxy) is 2. The largest absolute Gasteiger partial charge is 0.462 e. The smallest absolute Gasteiger partial charge is 0.318 e. The molecular weight excluding hydrogens is 564 g/mol. The molecule has 2 saturated heterocycles. The number of likely N-dealkylation sites (tertiary alicyclic amines) is 1. The maximum absolute atomic E-state index is 12.9. The van der Waals surface area contributed by atoms with Crippen LogP contribution in [0.3, 0.4) is 0 Å². The van der Waals surface area contributed by atoms with Crippen molar-refractivity contribution in [1.29, 1.82) is 0 Å². The number of benzene rings is 2. The van der Waals surface area contributed by atoms with E-state index in [4.69, 9.17) is 37.6 Å². The Kier molecular flexibility index (Phi) is 8.53. The van der Waals surface area contributed by atoms with Gasteiger partial charge in [0.05, 0.1) is 18.4 Å². The molecule has 3 aromatic rings. The molecule has 3 atom stereocenters. The molecule has 0 radical (unpaired) electrons. The first kappa shape index (κ1) is 29.4. The molecule has 43 heavy (non-hydrogen) atoms. The zero-order valence-corrected chi connectivity index (χ0v) is 25.5. The second kappa shape index (κ2) is 12.5. The van der Waals surface area contributed by atoms with E-state index in [0.29, 0.717) is 61.9 Å². The summed E-state index contributed by atoms with van der Waals surface area (Å²) in [5.41, 5.74) is 3.33. The quantitative estimate of drug-likeness (QED) is 0.276. The van der Waals surface area contributed by atoms with E-state index in [9.17, 15) is 4.79 Å². The Hall–Kier alpha value is -3.71. The van der Waals surface area contributed by atoms with Crippen LogP contribution in [0.2, 0.25) is 5.02 Å². The predicted octanol–water partition coefficient (Wildman–Crippen LogP) is 5.08. The number of carbonyl (C=O) groups is 1. The van der Waals surface area contributed by atoms with E-state index in [2.05, 4.69) is 46.5 Å². The van der Waals surface area contributed by atoms with Crippen molar-refractivity contribution in [2.24, 2.45) is 0 Å². The van der Waals surface area contributed by atoms with Crippen molar-refractivity contribution in [3.05, 3.63) is 81.8 Å². The molecule has 2 aromatic carbocycles. The number of nitrogens with zero attached hydrogens (tertiary/aromatic N) is 6. The lowest BCUT2D eigenvalue weighted by Gasteiger charge is -2.41. The lowest BCUT2D eigenvalue weighted by molar-refractivity contribution is -0.129. The molecule has 3 aliphatic rings. The molecule has 2 fully saturated rings. The Morgan fingerprint density at radius 1 is 1.19 bits per heavy atom. The van der Waals surface area contributed by atoms with Crippen molar-refractivity contribution in [1.82, 2.24) is 19.8 Å². The molecule has 0 saturated carbocycles. The van der Waals surface area contributed by atoms with Gasteiger partial charge in [-0.1, -0.05) is 48.5 Å². The molecule has 9 nitrogen and oxygen atoms in total. The number of hydrogen-bond donors (Lipinski definition) is 0. The topological polar surface area (TPSA) is 75.4 Å². The maximum Gasteiger partial charge on any atom is 0.318 e. The van der Waals surface area contributed by atoms with E-state index in [1.165, 1.54) is 0 Å². The molecule has 1 amide bonds. The van der Waals surface area contributed by atoms with Crippen LogP contribution in [-0.2, 0) is 22.6 Å². The Balaban J connectivity index is 1.34. The number of fused-ring (bicyclic) bond motifs is 2. The number of hydrogen-bond acceptors (Lipinski definition) is 7. The lowest BCUT2D eigenvalue weighted by Crippen LogP contribution is -2.57. The van der Waals surface area contributed by atoms with Crippen LogP contribution in [0.15, 0.2) is 48.6 Å². The Labute approximate surface area is 257 Å². The van der Waals surface area contributed by atoms with Crippen LogP contribution in [0, 0.1) is 6.57 Å². The van der Waals surface area contributed by atoms with Crippen LogP contribution in [0.25, 0.3) is 15.6 Å². The fourth-order valence-corrected chi connectivity index (χ4v) is 6.82. The summed E-state index contributed by atoms with van der Waals surface area (Å²) in [6.07, 6.45) is 2.56. The van der Waals surface area contributed by atoms with Gasteiger partial charge in [0.1, 0.15) is 18.5 Å². The standard InChI is InChI=1S/C33H37ClN6O3/c1-21(2)32(41)40-15-14-39(18-24(40)17-35-3)31-26-20-42-29(25-11-5-8-22-9-6-12-27(34)30(22)25)16-28(26)36-33(37-31)43-19-23-10-7-13-38(23)4/h5-6,8-9,11-12,23-24,29H,1,7,10,13-20H2,2,4H3/t23-,24-,29?/m0/s1. The Morgan fingerprint density at radius 2 is 2.00 bits per heavy atom. The van der Waals surface area contributed by atoms with Crippen LogP contribution in [-0.4, -0.2) is 84.1 Å². The molecule has 6 rings (SSSR count). The second-order valence-electron chi connectivity index (χ2n) is 11.8. The zero-order valence-electron chi connectivity index (χ0n) is 24.8. The highest BCUT2D eigenvalue weighted by Gasteiger charge is 2.36. The number of carbonyl (C=O) groups excluding carboxylic acids is 1. The summed E-state index contributed by atoms with van der Waals surface area (Å²) in [6.45, 7) is 16.7. The molecule has 224 valence electrons. The van der Waals surface area contributed by atoms with E-state index in [1.807, 2.05) is 18.2 Å². The SMILES string of the molecule is [C-]#[N+]C[C@H]1CN(c2nc(OC[C@@H]3CCCN3C)nc3c2COC(c2cccc4cccc(Cl)c24)C3)CCN1C(=O)C(=C)C. The van der Waals surface area contributed by atoms with Gasteiger partial charge >= 0.3 is 6.01 Å². The van der Waals surface area contributed by atoms with E-state index < -0.39 is 0 Å². The normalized spacial score (nSPS) is 22.3. The second-order valence-corrected chi connectivity index (χ2v) is 12.2. The molecule has 4 heterocycles. The van der Waals surface area contributed by atoms with Gasteiger partial charge in [-0.15, -0.1) is 0 Å². The van der Waals surface area contributed by atoms with Gasteiger partial charge in [-0.05, 0) is 50.4 Å². The average Bonchev–Trinajstić information content (AvgIpc) is 3.43. The number of rotatable bonds is 7. The van der Waals surface area contributed by atoms with Gasteiger partial charge in [-0.2, -0.15) is 9.97 Å². The zero-order chi connectivity index (χ0) is 30.1. The summed E-state index contributed by atoms with van der Waals surface area (Å²) in [5.74, 6) is 0.647. The number of anilines is 1. The van der Waals surface area contributed by atoms with Gasteiger partial charge < -0.3 is 29.0 Å². The van der Waals surface area contributed by atoms with Crippen LogP contribution in [0.4, 0.5) is 5.82 Å². The van der Waals surface area contributed by atoms with Gasteiger partial charge in [0.15, 0.2) is 0 Å². The van der Waals surface area contributed by atoms with E-state index >= 15 is 0 Å². The molecule has 0 spiro atoms. The average molecular weight is 601 g/mol. The highest BCUT2D eigenvalue weighted by Crippen LogP contribution is 2.39. The van der Waals surface area contributed by atoms with Crippen LogP contribution >= 0.6 is 11.6 Å². The first-order valence-corrected chi connectivity index (χ1v) is 15.3. The third kappa shape index (κ3) is 5.92. The third-order valence-electron chi connectivity index (χ3n) is 8.88. The number of aromatic nitrogens is 2. The van der Waals surface area contributed by atoms with Crippen molar-refractivity contribution in [3.8, 4) is 6.01 Å². The van der Waals surface area contributed by atoms with Gasteiger partial charge in [0.25, 0.3) is 0 Å². The number of likely N-dealkylation sites (N-methyl/N-ethyl adjacent to an activating group) is 1. The minimum Gasteiger partial charge on any atom is -0.462 e. The molecule has 0 bridgehead atoms. The Morgan fingerprint density at radius 3 is 2.74 bits per heavy atom. The minimum atomic E-state index is -0.271. The van der Waals surface area contributed by atoms with Crippen molar-refractivity contribution in [3.63, 3.8) is 0 Å². The fourth-order valence-electron chi connectivity index (χ4n) is 6.53. The number of amides is 1. The number of piperazine rings is 1. The summed E-state index contributed by atoms with van der Waals surface area (Å²) < 4.78 is 12.8. The molecule has 1 aromatic heterocycles. The van der Waals surface area contributed by atoms with Crippen molar-refractivity contribution < 1.29 is 14.3 Å². The van der Waals surface area contributed by atoms with Crippen molar-refractivity contribution in [2.75, 3.05) is 51.3 Å². The first-order valence-electron chi connectivity index (χ1n) is 14.9. The number of halogens is 1. The molecule has 0 aliphatic carbocycles. The minimum absolute atomic E-state index is 0.109. The van der Waals surface area contributed by atoms with E-state index in [1.54, 1.807) is 11.8 Å². The molecule has 1 unspecified atom stereocenters. The third-order valence-corrected chi connectivity index (χ3v) is 9.19. The Bertz CT molecular complexity index is 1580. The maximum atomic E-state index is 12.9. The summed E-state index contributed by atoms with van der Waals surface area (Å²) in [5, 5.41) is 2.76. The van der Waals surface area contributed by atoms with Crippen molar-refractivity contribution >= 4 is 34.1 Å². The van der Waals surface area contributed by atoms with Gasteiger partial charge in [-0.3, -0.25) is 4.79 Å². The van der Waals surface area contributed by atoms with Crippen LogP contribution < -0.4 is 9.64 Å². The summed E-state index contributed by atoms with van der Waals surface area (Å²) in [6, 6.07) is 12.5. The van der Waals surface area contributed by atoms with Gasteiger partial charge in [0, 0.05) is 53.6 Å². The predicted molar refractivity (Wildman–Crippen MR) is 167 cm³/mol. The van der Waals surface area contributed by atoms with E-state index in [0.717, 1.165) is 52.8 Å². The highest BCUT2D eigenvalue weighted by atomic mass is 35.5. The van der Waals surface area contributed by atoms with Crippen LogP contribution in [0.5, 0.6) is 6.01 Å².